The molecule has 4 N–H and O–H groups in total. The molecule has 0 aromatic heterocycles. The zero-order chi connectivity index (χ0) is 15.1. The number of amides is 1. The van der Waals surface area contributed by atoms with Crippen LogP contribution in [0.3, 0.4) is 0 Å². The van der Waals surface area contributed by atoms with E-state index >= 15 is 0 Å². The van der Waals surface area contributed by atoms with Gasteiger partial charge in [0.05, 0.1) is 15.7 Å². The van der Waals surface area contributed by atoms with Gasteiger partial charge >= 0.3 is 5.97 Å². The van der Waals surface area contributed by atoms with Crippen LogP contribution < -0.4 is 11.1 Å². The molecule has 2 rings (SSSR count). The minimum Gasteiger partial charge on any atom is -0.480 e. The number of carboxylic acid groups (broad SMARTS) is 1. The molecular weight excluding hydrogens is 303 g/mol. The van der Waals surface area contributed by atoms with Crippen molar-refractivity contribution in [2.75, 3.05) is 5.73 Å². The first-order chi connectivity index (χ1) is 9.25. The van der Waals surface area contributed by atoms with Gasteiger partial charge in [0.15, 0.2) is 0 Å². The Balaban J connectivity index is 2.26. The van der Waals surface area contributed by atoms with Crippen molar-refractivity contribution in [3.05, 3.63) is 27.7 Å². The number of nitrogen functional groups attached to an aromatic ring is 1. The van der Waals surface area contributed by atoms with Crippen LogP contribution in [0, 0.1) is 5.92 Å². The van der Waals surface area contributed by atoms with Gasteiger partial charge < -0.3 is 16.2 Å². The van der Waals surface area contributed by atoms with E-state index in [1.54, 1.807) is 0 Å². The van der Waals surface area contributed by atoms with Crippen molar-refractivity contribution in [3.8, 4) is 0 Å². The normalized spacial score (nSPS) is 17.4. The zero-order valence-electron chi connectivity index (χ0n) is 10.7. The second kappa shape index (κ2) is 5.14. The highest BCUT2D eigenvalue weighted by molar-refractivity contribution is 6.39. The number of carbonyl (C=O) groups is 2. The van der Waals surface area contributed by atoms with Gasteiger partial charge in [0, 0.05) is 5.56 Å². The minimum atomic E-state index is -1.28. The van der Waals surface area contributed by atoms with Crippen LogP contribution >= 0.6 is 23.2 Å². The highest BCUT2D eigenvalue weighted by Gasteiger charge is 2.48. The Kier molecular flexibility index (Phi) is 3.84. The van der Waals surface area contributed by atoms with E-state index in [4.69, 9.17) is 28.9 Å². The standard InChI is InChI=1S/C13H14Cl2N2O3/c1-13(12(19)20,7-2-3-7)17-11(18)6-4-8(14)10(16)9(15)5-6/h4-5,7H,2-3,16H2,1H3,(H,17,18)(H,19,20). The highest BCUT2D eigenvalue weighted by atomic mass is 35.5. The molecule has 0 bridgehead atoms. The Morgan fingerprint density at radius 3 is 2.25 bits per heavy atom. The molecular formula is C13H14Cl2N2O3. The van der Waals surface area contributed by atoms with Gasteiger partial charge in [0.1, 0.15) is 5.54 Å². The third-order valence-corrected chi connectivity index (χ3v) is 4.18. The van der Waals surface area contributed by atoms with Crippen LogP contribution in [0.2, 0.25) is 10.0 Å². The van der Waals surface area contributed by atoms with Crippen LogP contribution in [0.25, 0.3) is 0 Å². The summed E-state index contributed by atoms with van der Waals surface area (Å²) >= 11 is 11.7. The van der Waals surface area contributed by atoms with Gasteiger partial charge in [-0.25, -0.2) is 4.79 Å². The molecule has 1 aromatic carbocycles. The maximum absolute atomic E-state index is 12.2. The molecule has 7 heteroatoms. The third-order valence-electron chi connectivity index (χ3n) is 3.55. The SMILES string of the molecule is CC(NC(=O)c1cc(Cl)c(N)c(Cl)c1)(C(=O)O)C1CC1. The first-order valence-corrected chi connectivity index (χ1v) is 6.81. The van der Waals surface area contributed by atoms with Crippen LogP contribution in [-0.4, -0.2) is 22.5 Å². The molecule has 5 nitrogen and oxygen atoms in total. The van der Waals surface area contributed by atoms with E-state index in [0.29, 0.717) is 0 Å². The van der Waals surface area contributed by atoms with Gasteiger partial charge in [-0.2, -0.15) is 0 Å². The van der Waals surface area contributed by atoms with Gasteiger partial charge in [0.25, 0.3) is 5.91 Å². The molecule has 1 aromatic rings. The van der Waals surface area contributed by atoms with Crippen LogP contribution in [0.15, 0.2) is 12.1 Å². The van der Waals surface area contributed by atoms with E-state index in [2.05, 4.69) is 5.32 Å². The van der Waals surface area contributed by atoms with Crippen molar-refractivity contribution < 1.29 is 14.7 Å². The Labute approximate surface area is 126 Å². The number of anilines is 1. The van der Waals surface area contributed by atoms with E-state index in [1.165, 1.54) is 19.1 Å². The summed E-state index contributed by atoms with van der Waals surface area (Å²) in [5, 5.41) is 12.2. The van der Waals surface area contributed by atoms with Crippen LogP contribution in [0.1, 0.15) is 30.1 Å². The molecule has 1 saturated carbocycles. The van der Waals surface area contributed by atoms with Crippen LogP contribution in [0.5, 0.6) is 0 Å². The molecule has 0 spiro atoms. The number of halogens is 2. The number of aliphatic carboxylic acids is 1. The summed E-state index contributed by atoms with van der Waals surface area (Å²) in [7, 11) is 0. The molecule has 1 amide bonds. The van der Waals surface area contributed by atoms with Gasteiger partial charge in [0.2, 0.25) is 0 Å². The quantitative estimate of drug-likeness (QED) is 0.744. The van der Waals surface area contributed by atoms with Crippen molar-refractivity contribution >= 4 is 40.8 Å². The van der Waals surface area contributed by atoms with E-state index in [9.17, 15) is 14.7 Å². The Bertz CT molecular complexity index is 564. The topological polar surface area (TPSA) is 92.4 Å². The van der Waals surface area contributed by atoms with Gasteiger partial charge in [-0.05, 0) is 37.8 Å². The number of hydrogen-bond donors (Lipinski definition) is 3. The second-order valence-corrected chi connectivity index (χ2v) is 5.90. The van der Waals surface area contributed by atoms with Crippen molar-refractivity contribution in [3.63, 3.8) is 0 Å². The van der Waals surface area contributed by atoms with E-state index in [-0.39, 0.29) is 27.2 Å². The summed E-state index contributed by atoms with van der Waals surface area (Å²) in [5.41, 5.74) is 4.69. The second-order valence-electron chi connectivity index (χ2n) is 5.09. The highest BCUT2D eigenvalue weighted by Crippen LogP contribution is 2.40. The van der Waals surface area contributed by atoms with E-state index in [0.717, 1.165) is 12.8 Å². The summed E-state index contributed by atoms with van der Waals surface area (Å²) in [6.45, 7) is 1.51. The monoisotopic (exact) mass is 316 g/mol. The average molecular weight is 317 g/mol. The lowest BCUT2D eigenvalue weighted by molar-refractivity contribution is -0.144. The van der Waals surface area contributed by atoms with Crippen molar-refractivity contribution in [2.45, 2.75) is 25.3 Å². The fourth-order valence-corrected chi connectivity index (χ4v) is 2.50. The molecule has 0 heterocycles. The third kappa shape index (κ3) is 2.69. The molecule has 1 aliphatic carbocycles. The number of hydrogen-bond acceptors (Lipinski definition) is 3. The lowest BCUT2D eigenvalue weighted by Gasteiger charge is -2.26. The summed E-state index contributed by atoms with van der Waals surface area (Å²) < 4.78 is 0. The number of rotatable bonds is 4. The van der Waals surface area contributed by atoms with Crippen LogP contribution in [-0.2, 0) is 4.79 Å². The maximum Gasteiger partial charge on any atom is 0.329 e. The van der Waals surface area contributed by atoms with E-state index in [1.807, 2.05) is 0 Å². The van der Waals surface area contributed by atoms with Gasteiger partial charge in [-0.15, -0.1) is 0 Å². The van der Waals surface area contributed by atoms with Gasteiger partial charge in [-0.1, -0.05) is 23.2 Å². The molecule has 20 heavy (non-hydrogen) atoms. The number of carbonyl (C=O) groups excluding carboxylic acids is 1. The molecule has 1 fully saturated rings. The fraction of sp³-hybridized carbons (Fsp3) is 0.385. The fourth-order valence-electron chi connectivity index (χ4n) is 2.01. The largest absolute Gasteiger partial charge is 0.480 e. The molecule has 1 unspecified atom stereocenters. The Hall–Kier alpha value is -1.46. The number of benzene rings is 1. The van der Waals surface area contributed by atoms with Gasteiger partial charge in [-0.3, -0.25) is 4.79 Å². The summed E-state index contributed by atoms with van der Waals surface area (Å²) in [6.07, 6.45) is 1.57. The Morgan fingerprint density at radius 2 is 1.85 bits per heavy atom. The summed E-state index contributed by atoms with van der Waals surface area (Å²) in [6, 6.07) is 2.74. The number of nitrogens with two attached hydrogens (primary N) is 1. The number of carboxylic acids is 1. The summed E-state index contributed by atoms with van der Waals surface area (Å²) in [4.78, 5) is 23.6. The molecule has 108 valence electrons. The predicted octanol–water partition coefficient (Wildman–Crippen LogP) is 2.56. The molecule has 1 aliphatic rings. The summed E-state index contributed by atoms with van der Waals surface area (Å²) in [5.74, 6) is -1.64. The molecule has 0 aliphatic heterocycles. The van der Waals surface area contributed by atoms with Crippen molar-refractivity contribution in [2.24, 2.45) is 5.92 Å². The molecule has 0 radical (unpaired) electrons. The smallest absolute Gasteiger partial charge is 0.329 e. The van der Waals surface area contributed by atoms with Crippen molar-refractivity contribution in [1.29, 1.82) is 0 Å². The minimum absolute atomic E-state index is 0.0522. The Morgan fingerprint density at radius 1 is 1.35 bits per heavy atom. The first kappa shape index (κ1) is 14.9. The van der Waals surface area contributed by atoms with Crippen molar-refractivity contribution in [1.82, 2.24) is 5.32 Å². The van der Waals surface area contributed by atoms with Crippen LogP contribution in [0.4, 0.5) is 5.69 Å². The molecule has 0 saturated heterocycles. The first-order valence-electron chi connectivity index (χ1n) is 6.06. The zero-order valence-corrected chi connectivity index (χ0v) is 12.3. The lowest BCUT2D eigenvalue weighted by atomic mass is 9.95. The predicted molar refractivity (Wildman–Crippen MR) is 77.1 cm³/mol. The maximum atomic E-state index is 12.2. The average Bonchev–Trinajstić information content (AvgIpc) is 3.19. The number of nitrogens with one attached hydrogen (secondary N) is 1. The van der Waals surface area contributed by atoms with E-state index < -0.39 is 17.4 Å². The lowest BCUT2D eigenvalue weighted by Crippen LogP contribution is -2.54. The molecule has 1 atom stereocenters.